The quantitative estimate of drug-likeness (QED) is 0.580. The van der Waals surface area contributed by atoms with Crippen LogP contribution in [0.2, 0.25) is 0 Å². The van der Waals surface area contributed by atoms with Gasteiger partial charge in [-0.2, -0.15) is 0 Å². The maximum atomic E-state index is 6.90. The van der Waals surface area contributed by atoms with Gasteiger partial charge in [-0.05, 0) is 53.5 Å². The second-order valence-corrected chi connectivity index (χ2v) is 10.1. The summed E-state index contributed by atoms with van der Waals surface area (Å²) in [6, 6.07) is 15.7. The number of nitrogens with zero attached hydrogens (tertiary/aromatic N) is 1. The Morgan fingerprint density at radius 1 is 0.926 bits per heavy atom. The van der Waals surface area contributed by atoms with E-state index in [1.165, 1.54) is 59.3 Å². The minimum atomic E-state index is 0.0639. The van der Waals surface area contributed by atoms with Crippen LogP contribution < -0.4 is 4.74 Å². The van der Waals surface area contributed by atoms with Crippen LogP contribution in [0, 0.1) is 17.8 Å². The third kappa shape index (κ3) is 1.94. The predicted molar refractivity (Wildman–Crippen MR) is 110 cm³/mol. The molecule has 4 unspecified atom stereocenters. The van der Waals surface area contributed by atoms with E-state index in [-0.39, 0.29) is 5.60 Å². The largest absolute Gasteiger partial charge is 0.486 e. The fourth-order valence-corrected chi connectivity index (χ4v) is 7.56. The van der Waals surface area contributed by atoms with Gasteiger partial charge in [0, 0.05) is 53.5 Å². The van der Waals surface area contributed by atoms with Gasteiger partial charge < -0.3 is 9.64 Å². The van der Waals surface area contributed by atoms with Crippen molar-refractivity contribution in [2.45, 2.75) is 24.9 Å². The van der Waals surface area contributed by atoms with Gasteiger partial charge in [0.15, 0.2) is 0 Å². The van der Waals surface area contributed by atoms with Gasteiger partial charge in [-0.25, -0.2) is 0 Å². The molecular weight excluding hydrogens is 350 g/mol. The Bertz CT molecular complexity index is 1040. The SMILES string of the molecule is c1cc2c(c(-c3cccc4sccc34)c1)CC1(O2)C2CC3C[C@@H]1CN(C3)C2. The Morgan fingerprint density at radius 3 is 2.59 bits per heavy atom. The van der Waals surface area contributed by atoms with E-state index in [1.807, 2.05) is 11.3 Å². The Balaban J connectivity index is 1.37. The van der Waals surface area contributed by atoms with Gasteiger partial charge in [0.25, 0.3) is 0 Å². The van der Waals surface area contributed by atoms with Crippen molar-refractivity contribution in [1.29, 1.82) is 0 Å². The van der Waals surface area contributed by atoms with Crippen molar-refractivity contribution in [2.75, 3.05) is 19.6 Å². The topological polar surface area (TPSA) is 12.5 Å². The summed E-state index contributed by atoms with van der Waals surface area (Å²) in [5, 5.41) is 3.59. The minimum Gasteiger partial charge on any atom is -0.486 e. The molecule has 8 rings (SSSR count). The van der Waals surface area contributed by atoms with Crippen LogP contribution in [0.1, 0.15) is 18.4 Å². The highest BCUT2D eigenvalue weighted by Crippen LogP contribution is 2.57. The smallest absolute Gasteiger partial charge is 0.124 e. The molecule has 4 fully saturated rings. The van der Waals surface area contributed by atoms with Crippen LogP contribution in [0.5, 0.6) is 5.75 Å². The van der Waals surface area contributed by atoms with Gasteiger partial charge in [0.05, 0.1) is 0 Å². The van der Waals surface area contributed by atoms with Crippen molar-refractivity contribution in [3.05, 3.63) is 53.4 Å². The van der Waals surface area contributed by atoms with E-state index in [0.717, 1.165) is 18.1 Å². The summed E-state index contributed by atoms with van der Waals surface area (Å²) in [7, 11) is 0. The highest BCUT2D eigenvalue weighted by Gasteiger charge is 2.60. The lowest BCUT2D eigenvalue weighted by Crippen LogP contribution is -2.68. The van der Waals surface area contributed by atoms with E-state index in [0.29, 0.717) is 11.8 Å². The molecule has 1 saturated carbocycles. The highest BCUT2D eigenvalue weighted by atomic mass is 32.1. The van der Waals surface area contributed by atoms with Crippen molar-refractivity contribution in [3.63, 3.8) is 0 Å². The van der Waals surface area contributed by atoms with Crippen LogP contribution in [-0.2, 0) is 6.42 Å². The standard InChI is InChI=1S/C24H23NOS/c1-3-19(18-4-2-6-23-20(18)7-8-27-23)21-11-24(26-22(21)5-1)16-9-15-10-17(24)14-25(12-15)13-16/h1-8,15-17H,9-14H2/t15?,16-,17?,24?/m1/s1. The van der Waals surface area contributed by atoms with Crippen LogP contribution in [0.4, 0.5) is 0 Å². The zero-order valence-electron chi connectivity index (χ0n) is 15.4. The Hall–Kier alpha value is -1.84. The third-order valence-electron chi connectivity index (χ3n) is 7.76. The number of hydrogen-bond donors (Lipinski definition) is 0. The van der Waals surface area contributed by atoms with E-state index in [1.54, 1.807) is 0 Å². The van der Waals surface area contributed by atoms with Crippen LogP contribution >= 0.6 is 11.3 Å². The lowest BCUT2D eigenvalue weighted by Gasteiger charge is -2.60. The molecular formula is C24H23NOS. The predicted octanol–water partition coefficient (Wildman–Crippen LogP) is 5.21. The zero-order chi connectivity index (χ0) is 17.6. The van der Waals surface area contributed by atoms with Gasteiger partial charge in [0.2, 0.25) is 0 Å². The van der Waals surface area contributed by atoms with E-state index < -0.39 is 0 Å². The molecule has 1 aliphatic carbocycles. The van der Waals surface area contributed by atoms with Gasteiger partial charge >= 0.3 is 0 Å². The molecule has 5 atom stereocenters. The average Bonchev–Trinajstić information content (AvgIpc) is 3.30. The first-order valence-electron chi connectivity index (χ1n) is 10.3. The first-order chi connectivity index (χ1) is 13.3. The van der Waals surface area contributed by atoms with Crippen LogP contribution in [0.3, 0.4) is 0 Å². The second-order valence-electron chi connectivity index (χ2n) is 9.10. The molecule has 3 aromatic rings. The molecule has 1 spiro atoms. The molecule has 0 amide bonds. The first-order valence-corrected chi connectivity index (χ1v) is 11.2. The van der Waals surface area contributed by atoms with Crippen molar-refractivity contribution >= 4 is 21.4 Å². The molecule has 2 aromatic carbocycles. The Labute approximate surface area is 163 Å². The normalized spacial score (nSPS) is 35.7. The van der Waals surface area contributed by atoms with Crippen molar-refractivity contribution < 1.29 is 4.74 Å². The van der Waals surface area contributed by atoms with Crippen LogP contribution in [0.15, 0.2) is 47.8 Å². The first kappa shape index (κ1) is 15.1. The monoisotopic (exact) mass is 373 g/mol. The number of rotatable bonds is 1. The summed E-state index contributed by atoms with van der Waals surface area (Å²) in [6.07, 6.45) is 3.85. The lowest BCUT2D eigenvalue weighted by molar-refractivity contribution is -0.158. The van der Waals surface area contributed by atoms with Crippen molar-refractivity contribution in [2.24, 2.45) is 17.8 Å². The minimum absolute atomic E-state index is 0.0639. The molecule has 5 aliphatic rings. The molecule has 3 saturated heterocycles. The van der Waals surface area contributed by atoms with Gasteiger partial charge in [-0.15, -0.1) is 11.3 Å². The van der Waals surface area contributed by atoms with Gasteiger partial charge in [-0.1, -0.05) is 24.3 Å². The number of hydrogen-bond acceptors (Lipinski definition) is 3. The summed E-state index contributed by atoms with van der Waals surface area (Å²) in [4.78, 5) is 2.71. The third-order valence-corrected chi connectivity index (χ3v) is 8.65. The van der Waals surface area contributed by atoms with E-state index in [2.05, 4.69) is 52.7 Å². The number of piperidine rings is 3. The molecule has 0 radical (unpaired) electrons. The summed E-state index contributed by atoms with van der Waals surface area (Å²) in [5.41, 5.74) is 4.29. The lowest BCUT2D eigenvalue weighted by atomic mass is 9.58. The average molecular weight is 374 g/mol. The summed E-state index contributed by atoms with van der Waals surface area (Å²) in [6.45, 7) is 3.83. The van der Waals surface area contributed by atoms with Crippen molar-refractivity contribution in [3.8, 4) is 16.9 Å². The van der Waals surface area contributed by atoms with Crippen LogP contribution in [0.25, 0.3) is 21.2 Å². The fraction of sp³-hybridized carbons (Fsp3) is 0.417. The number of ether oxygens (including phenoxy) is 1. The zero-order valence-corrected chi connectivity index (χ0v) is 16.2. The molecule has 5 heterocycles. The molecule has 2 nitrogen and oxygen atoms in total. The molecule has 4 aliphatic heterocycles. The van der Waals surface area contributed by atoms with Crippen LogP contribution in [-0.4, -0.2) is 30.1 Å². The molecule has 27 heavy (non-hydrogen) atoms. The van der Waals surface area contributed by atoms with E-state index in [9.17, 15) is 0 Å². The van der Waals surface area contributed by atoms with E-state index >= 15 is 0 Å². The molecule has 3 heteroatoms. The fourth-order valence-electron chi connectivity index (χ4n) is 6.75. The maximum absolute atomic E-state index is 6.90. The highest BCUT2D eigenvalue weighted by molar-refractivity contribution is 7.17. The molecule has 4 bridgehead atoms. The van der Waals surface area contributed by atoms with E-state index in [4.69, 9.17) is 4.74 Å². The number of benzene rings is 2. The summed E-state index contributed by atoms with van der Waals surface area (Å²) >= 11 is 1.83. The summed E-state index contributed by atoms with van der Waals surface area (Å²) in [5.74, 6) is 3.49. The van der Waals surface area contributed by atoms with Crippen molar-refractivity contribution in [1.82, 2.24) is 4.90 Å². The maximum Gasteiger partial charge on any atom is 0.124 e. The molecule has 136 valence electrons. The number of fused-ring (bicyclic) bond motifs is 2. The number of thiophene rings is 1. The Morgan fingerprint density at radius 2 is 1.74 bits per heavy atom. The second kappa shape index (κ2) is 5.15. The molecule has 1 aromatic heterocycles. The van der Waals surface area contributed by atoms with Gasteiger partial charge in [0.1, 0.15) is 11.4 Å². The van der Waals surface area contributed by atoms with Gasteiger partial charge in [-0.3, -0.25) is 0 Å². The summed E-state index contributed by atoms with van der Waals surface area (Å²) < 4.78 is 8.28. The Kier molecular flexibility index (Phi) is 2.89. The molecule has 0 N–H and O–H groups in total.